The van der Waals surface area contributed by atoms with E-state index in [-0.39, 0.29) is 5.56 Å². The molecule has 234 valence electrons. The number of pyridine rings is 2. The molecule has 3 heterocycles. The van der Waals surface area contributed by atoms with E-state index in [1.54, 1.807) is 33.4 Å². The normalized spacial score (nSPS) is 12.8. The second-order valence-corrected chi connectivity index (χ2v) is 11.6. The van der Waals surface area contributed by atoms with Gasteiger partial charge < -0.3 is 25.6 Å². The van der Waals surface area contributed by atoms with Crippen LogP contribution in [0.25, 0.3) is 39.2 Å². The minimum absolute atomic E-state index is 0.178. The van der Waals surface area contributed by atoms with Gasteiger partial charge >= 0.3 is 0 Å². The summed E-state index contributed by atoms with van der Waals surface area (Å²) in [6.07, 6.45) is 2.28. The first-order valence-electron chi connectivity index (χ1n) is 14.6. The predicted molar refractivity (Wildman–Crippen MR) is 179 cm³/mol. The quantitative estimate of drug-likeness (QED) is 0.143. The Morgan fingerprint density at radius 2 is 1.44 bits per heavy atom. The highest BCUT2D eigenvalue weighted by Crippen LogP contribution is 2.42. The maximum Gasteiger partial charge on any atom is 0.262 e. The third-order valence-corrected chi connectivity index (χ3v) is 8.11. The molecular formula is C34H35Cl2N5O4. The van der Waals surface area contributed by atoms with Crippen molar-refractivity contribution in [1.29, 1.82) is 0 Å². The number of nitrogens with zero attached hydrogens (tertiary/aromatic N) is 3. The summed E-state index contributed by atoms with van der Waals surface area (Å²) in [6.45, 7) is 5.04. The number of aliphatic hydroxyl groups is 2. The topological polar surface area (TPSA) is 121 Å². The molecule has 0 amide bonds. The van der Waals surface area contributed by atoms with E-state index < -0.39 is 12.2 Å². The second-order valence-electron chi connectivity index (χ2n) is 10.9. The van der Waals surface area contributed by atoms with E-state index in [4.69, 9.17) is 32.9 Å². The lowest BCUT2D eigenvalue weighted by Crippen LogP contribution is -2.28. The van der Waals surface area contributed by atoms with Crippen LogP contribution in [0.1, 0.15) is 25.0 Å². The van der Waals surface area contributed by atoms with Gasteiger partial charge in [-0.15, -0.1) is 0 Å². The molecular weight excluding hydrogens is 613 g/mol. The van der Waals surface area contributed by atoms with Crippen molar-refractivity contribution in [3.8, 4) is 39.4 Å². The summed E-state index contributed by atoms with van der Waals surface area (Å²) in [4.78, 5) is 22.2. The molecule has 0 unspecified atom stereocenters. The number of fused-ring (bicyclic) bond motifs is 1. The summed E-state index contributed by atoms with van der Waals surface area (Å²) in [6, 6.07) is 18.9. The lowest BCUT2D eigenvalue weighted by atomic mass is 9.97. The monoisotopic (exact) mass is 647 g/mol. The van der Waals surface area contributed by atoms with Crippen molar-refractivity contribution >= 4 is 28.8 Å². The standard InChI is InChI=1S/C34H35Cl2N5O4/c1-20(42)15-37-17-23-10-11-29(40-33(23)45-3)28-9-5-8-27(32(28)36)26-7-4-6-25(31(26)35)22-12-13-41-30(14-22)39-19-24(34(41)44)18-38-16-21(2)43/h4-14,19-21,37-38,42-43H,15-18H2,1-3H3/t20-,21-/m0/s1. The van der Waals surface area contributed by atoms with E-state index in [1.165, 1.54) is 4.40 Å². The zero-order valence-corrected chi connectivity index (χ0v) is 26.7. The molecule has 45 heavy (non-hydrogen) atoms. The Labute approximate surface area is 271 Å². The van der Waals surface area contributed by atoms with E-state index in [0.717, 1.165) is 33.4 Å². The van der Waals surface area contributed by atoms with Crippen molar-refractivity contribution in [2.45, 2.75) is 39.1 Å². The molecule has 0 saturated heterocycles. The molecule has 5 rings (SSSR count). The van der Waals surface area contributed by atoms with Gasteiger partial charge in [0, 0.05) is 72.0 Å². The first-order valence-corrected chi connectivity index (χ1v) is 15.3. The fourth-order valence-corrected chi connectivity index (χ4v) is 5.73. The van der Waals surface area contributed by atoms with Gasteiger partial charge in [-0.05, 0) is 37.6 Å². The minimum Gasteiger partial charge on any atom is -0.481 e. The minimum atomic E-state index is -0.511. The summed E-state index contributed by atoms with van der Waals surface area (Å²) in [7, 11) is 1.57. The van der Waals surface area contributed by atoms with E-state index >= 15 is 0 Å². The van der Waals surface area contributed by atoms with Crippen LogP contribution in [0.3, 0.4) is 0 Å². The number of methoxy groups -OCH3 is 1. The summed E-state index contributed by atoms with van der Waals surface area (Å²) < 4.78 is 7.05. The summed E-state index contributed by atoms with van der Waals surface area (Å²) >= 11 is 14.1. The van der Waals surface area contributed by atoms with Crippen LogP contribution in [0.5, 0.6) is 5.88 Å². The van der Waals surface area contributed by atoms with Crippen molar-refractivity contribution < 1.29 is 14.9 Å². The largest absolute Gasteiger partial charge is 0.481 e. The molecule has 2 atom stereocenters. The molecule has 3 aromatic heterocycles. The number of hydrogen-bond donors (Lipinski definition) is 4. The van der Waals surface area contributed by atoms with Crippen molar-refractivity contribution in [3.63, 3.8) is 0 Å². The molecule has 0 fully saturated rings. The molecule has 0 bridgehead atoms. The molecule has 4 N–H and O–H groups in total. The number of aliphatic hydroxyl groups excluding tert-OH is 2. The Bertz CT molecular complexity index is 1880. The predicted octanol–water partition coefficient (Wildman–Crippen LogP) is 5.35. The van der Waals surface area contributed by atoms with Crippen molar-refractivity contribution in [3.05, 3.63) is 105 Å². The van der Waals surface area contributed by atoms with E-state index in [0.29, 0.717) is 59.0 Å². The number of hydrogen-bond acceptors (Lipinski definition) is 8. The molecule has 5 aromatic rings. The van der Waals surface area contributed by atoms with Crippen molar-refractivity contribution in [1.82, 2.24) is 25.0 Å². The van der Waals surface area contributed by atoms with Gasteiger partial charge in [0.1, 0.15) is 5.65 Å². The molecule has 0 aliphatic rings. The number of ether oxygens (including phenoxy) is 1. The van der Waals surface area contributed by atoms with E-state index in [9.17, 15) is 15.0 Å². The van der Waals surface area contributed by atoms with Gasteiger partial charge in [0.05, 0.1) is 35.1 Å². The maximum atomic E-state index is 13.0. The highest BCUT2D eigenvalue weighted by Gasteiger charge is 2.18. The van der Waals surface area contributed by atoms with Crippen LogP contribution in [0, 0.1) is 0 Å². The van der Waals surface area contributed by atoms with Gasteiger partial charge in [-0.1, -0.05) is 65.7 Å². The van der Waals surface area contributed by atoms with Crippen LogP contribution in [0.15, 0.2) is 77.9 Å². The van der Waals surface area contributed by atoms with Gasteiger partial charge in [0.2, 0.25) is 5.88 Å². The van der Waals surface area contributed by atoms with Crippen LogP contribution in [-0.4, -0.2) is 57.0 Å². The van der Waals surface area contributed by atoms with E-state index in [1.807, 2.05) is 60.7 Å². The molecule has 0 aliphatic carbocycles. The Morgan fingerprint density at radius 1 is 0.844 bits per heavy atom. The van der Waals surface area contributed by atoms with Crippen LogP contribution in [-0.2, 0) is 13.1 Å². The van der Waals surface area contributed by atoms with Crippen LogP contribution < -0.4 is 20.9 Å². The molecule has 2 aromatic carbocycles. The first kappa shape index (κ1) is 32.6. The Morgan fingerprint density at radius 3 is 2.09 bits per heavy atom. The molecule has 0 aliphatic heterocycles. The summed E-state index contributed by atoms with van der Waals surface area (Å²) in [5.74, 6) is 0.472. The van der Waals surface area contributed by atoms with E-state index in [2.05, 4.69) is 15.6 Å². The van der Waals surface area contributed by atoms with Gasteiger partial charge in [0.15, 0.2) is 0 Å². The number of benzene rings is 2. The third kappa shape index (κ3) is 7.36. The summed E-state index contributed by atoms with van der Waals surface area (Å²) in [5.41, 5.74) is 6.11. The highest BCUT2D eigenvalue weighted by atomic mass is 35.5. The fourth-order valence-electron chi connectivity index (χ4n) is 5.06. The maximum absolute atomic E-state index is 13.0. The highest BCUT2D eigenvalue weighted by molar-refractivity contribution is 6.39. The van der Waals surface area contributed by atoms with Crippen LogP contribution in [0.4, 0.5) is 0 Å². The van der Waals surface area contributed by atoms with Gasteiger partial charge in [-0.2, -0.15) is 0 Å². The van der Waals surface area contributed by atoms with Gasteiger partial charge in [0.25, 0.3) is 5.56 Å². The molecule has 9 nitrogen and oxygen atoms in total. The Balaban J connectivity index is 1.46. The smallest absolute Gasteiger partial charge is 0.262 e. The number of halogens is 2. The zero-order valence-electron chi connectivity index (χ0n) is 25.2. The molecule has 0 radical (unpaired) electrons. The second kappa shape index (κ2) is 14.5. The average molecular weight is 649 g/mol. The molecule has 0 spiro atoms. The number of aromatic nitrogens is 3. The van der Waals surface area contributed by atoms with Gasteiger partial charge in [-0.3, -0.25) is 9.20 Å². The summed E-state index contributed by atoms with van der Waals surface area (Å²) in [5, 5.41) is 26.3. The lowest BCUT2D eigenvalue weighted by molar-refractivity contribution is 0.190. The Kier molecular flexibility index (Phi) is 10.5. The van der Waals surface area contributed by atoms with Crippen molar-refractivity contribution in [2.75, 3.05) is 20.2 Å². The SMILES string of the molecule is COc1nc(-c2cccc(-c3cccc(-c4ccn5c(=O)c(CNC[C@H](C)O)cnc5c4)c3Cl)c2Cl)ccc1CNC[C@H](C)O. The fraction of sp³-hybridized carbons (Fsp3) is 0.265. The van der Waals surface area contributed by atoms with Crippen LogP contribution >= 0.6 is 23.2 Å². The molecule has 11 heteroatoms. The number of nitrogens with one attached hydrogen (secondary N) is 2. The molecule has 0 saturated carbocycles. The van der Waals surface area contributed by atoms with Crippen molar-refractivity contribution in [2.24, 2.45) is 0 Å². The van der Waals surface area contributed by atoms with Gasteiger partial charge in [-0.25, -0.2) is 9.97 Å². The Hall–Kier alpha value is -3.83. The first-order chi connectivity index (χ1) is 21.7. The lowest BCUT2D eigenvalue weighted by Gasteiger charge is -2.15. The number of rotatable bonds is 12. The van der Waals surface area contributed by atoms with Crippen LogP contribution in [0.2, 0.25) is 10.0 Å². The average Bonchev–Trinajstić information content (AvgIpc) is 3.02. The third-order valence-electron chi connectivity index (χ3n) is 7.30. The zero-order chi connectivity index (χ0) is 32.1.